The average molecular weight is 304 g/mol. The molecule has 0 spiro atoms. The Bertz CT molecular complexity index is 611. The Morgan fingerprint density at radius 1 is 1.38 bits per heavy atom. The fourth-order valence-electron chi connectivity index (χ4n) is 2.93. The molecule has 0 aromatic carbocycles. The van der Waals surface area contributed by atoms with Crippen LogP contribution < -0.4 is 4.74 Å². The zero-order valence-electron chi connectivity index (χ0n) is 12.2. The number of ketones is 1. The van der Waals surface area contributed by atoms with Crippen LogP contribution in [-0.2, 0) is 6.42 Å². The van der Waals surface area contributed by atoms with Crippen LogP contribution in [-0.4, -0.2) is 22.7 Å². The van der Waals surface area contributed by atoms with E-state index in [1.54, 1.807) is 7.11 Å². The smallest absolute Gasteiger partial charge is 0.182 e. The molecule has 0 aliphatic heterocycles. The van der Waals surface area contributed by atoms with Gasteiger partial charge >= 0.3 is 0 Å². The maximum atomic E-state index is 12.3. The molecule has 1 aliphatic carbocycles. The molecule has 0 amide bonds. The standard InChI is InChI=1S/C16H20N2O2S/c1-20-15-8-10-21-16(15)14(19)11-12-7-9-18(17-12)13-5-3-2-4-6-13/h7-10,13H,2-6,11H2,1H3. The van der Waals surface area contributed by atoms with Crippen LogP contribution in [0.3, 0.4) is 0 Å². The highest BCUT2D eigenvalue weighted by atomic mass is 32.1. The molecular formula is C16H20N2O2S. The zero-order valence-corrected chi connectivity index (χ0v) is 13.1. The molecule has 3 rings (SSSR count). The van der Waals surface area contributed by atoms with Crippen LogP contribution in [0, 0.1) is 0 Å². The van der Waals surface area contributed by atoms with Crippen LogP contribution >= 0.6 is 11.3 Å². The minimum absolute atomic E-state index is 0.0794. The van der Waals surface area contributed by atoms with E-state index in [1.807, 2.05) is 28.4 Å². The molecule has 0 saturated heterocycles. The molecule has 1 fully saturated rings. The maximum absolute atomic E-state index is 12.3. The lowest BCUT2D eigenvalue weighted by molar-refractivity contribution is 0.0993. The number of nitrogens with zero attached hydrogens (tertiary/aromatic N) is 2. The van der Waals surface area contributed by atoms with Crippen LogP contribution in [0.15, 0.2) is 23.7 Å². The Morgan fingerprint density at radius 3 is 2.95 bits per heavy atom. The molecular weight excluding hydrogens is 284 g/mol. The first kappa shape index (κ1) is 14.3. The van der Waals surface area contributed by atoms with Gasteiger partial charge in [-0.05, 0) is 30.4 Å². The van der Waals surface area contributed by atoms with Crippen LogP contribution in [0.25, 0.3) is 0 Å². The molecule has 0 radical (unpaired) electrons. The van der Waals surface area contributed by atoms with E-state index >= 15 is 0 Å². The summed E-state index contributed by atoms with van der Waals surface area (Å²) in [5.41, 5.74) is 0.848. The second kappa shape index (κ2) is 6.43. The quantitative estimate of drug-likeness (QED) is 0.787. The zero-order chi connectivity index (χ0) is 14.7. The number of ether oxygens (including phenoxy) is 1. The number of aromatic nitrogens is 2. The first-order valence-electron chi connectivity index (χ1n) is 7.46. The minimum Gasteiger partial charge on any atom is -0.495 e. The largest absolute Gasteiger partial charge is 0.495 e. The molecule has 5 heteroatoms. The highest BCUT2D eigenvalue weighted by molar-refractivity contribution is 7.12. The summed E-state index contributed by atoms with van der Waals surface area (Å²) in [5.74, 6) is 0.743. The van der Waals surface area contributed by atoms with Crippen molar-refractivity contribution in [1.29, 1.82) is 0 Å². The van der Waals surface area contributed by atoms with Crippen molar-refractivity contribution < 1.29 is 9.53 Å². The monoisotopic (exact) mass is 304 g/mol. The van der Waals surface area contributed by atoms with Crippen LogP contribution in [0.5, 0.6) is 5.75 Å². The van der Waals surface area contributed by atoms with Gasteiger partial charge in [0.15, 0.2) is 5.78 Å². The molecule has 4 nitrogen and oxygen atoms in total. The topological polar surface area (TPSA) is 44.1 Å². The van der Waals surface area contributed by atoms with Gasteiger partial charge < -0.3 is 4.74 Å². The fraction of sp³-hybridized carbons (Fsp3) is 0.500. The lowest BCUT2D eigenvalue weighted by Crippen LogP contribution is -2.14. The summed E-state index contributed by atoms with van der Waals surface area (Å²) in [7, 11) is 1.59. The molecule has 1 saturated carbocycles. The predicted molar refractivity (Wildman–Crippen MR) is 83.3 cm³/mol. The van der Waals surface area contributed by atoms with Crippen LogP contribution in [0.2, 0.25) is 0 Å². The highest BCUT2D eigenvalue weighted by Crippen LogP contribution is 2.28. The number of methoxy groups -OCH3 is 1. The van der Waals surface area contributed by atoms with Gasteiger partial charge in [-0.15, -0.1) is 11.3 Å². The number of thiophene rings is 1. The van der Waals surface area contributed by atoms with E-state index in [1.165, 1.54) is 43.4 Å². The Labute approximate surface area is 128 Å². The Kier molecular flexibility index (Phi) is 4.39. The van der Waals surface area contributed by atoms with Gasteiger partial charge in [0.2, 0.25) is 0 Å². The van der Waals surface area contributed by atoms with Crippen molar-refractivity contribution in [3.8, 4) is 5.75 Å². The van der Waals surface area contributed by atoms with Crippen LogP contribution in [0.1, 0.15) is 53.5 Å². The average Bonchev–Trinajstić information content (AvgIpc) is 3.16. The summed E-state index contributed by atoms with van der Waals surface area (Å²) in [6.45, 7) is 0. The molecule has 1 aliphatic rings. The molecule has 0 unspecified atom stereocenters. The van der Waals surface area contributed by atoms with E-state index in [0.717, 1.165) is 5.69 Å². The number of carbonyl (C=O) groups excluding carboxylic acids is 1. The summed E-state index contributed by atoms with van der Waals surface area (Å²) in [4.78, 5) is 13.0. The number of Topliss-reactive ketones (excluding diaryl/α,β-unsaturated/α-hetero) is 1. The van der Waals surface area contributed by atoms with E-state index in [4.69, 9.17) is 4.74 Å². The van der Waals surface area contributed by atoms with Gasteiger partial charge in [-0.3, -0.25) is 9.48 Å². The van der Waals surface area contributed by atoms with Crippen molar-refractivity contribution in [3.63, 3.8) is 0 Å². The maximum Gasteiger partial charge on any atom is 0.182 e. The normalized spacial score (nSPS) is 16.0. The summed E-state index contributed by atoms with van der Waals surface area (Å²) < 4.78 is 7.26. The first-order valence-corrected chi connectivity index (χ1v) is 8.34. The molecule has 2 heterocycles. The third kappa shape index (κ3) is 3.18. The van der Waals surface area contributed by atoms with E-state index in [2.05, 4.69) is 5.10 Å². The third-order valence-electron chi connectivity index (χ3n) is 4.06. The second-order valence-corrected chi connectivity index (χ2v) is 6.41. The predicted octanol–water partition coefficient (Wildman–Crippen LogP) is 3.88. The lowest BCUT2D eigenvalue weighted by atomic mass is 9.96. The second-order valence-electron chi connectivity index (χ2n) is 5.50. The van der Waals surface area contributed by atoms with Crippen molar-refractivity contribution >= 4 is 17.1 Å². The Morgan fingerprint density at radius 2 is 2.19 bits per heavy atom. The van der Waals surface area contributed by atoms with Gasteiger partial charge in [0.05, 0.1) is 25.3 Å². The van der Waals surface area contributed by atoms with Crippen molar-refractivity contribution in [2.45, 2.75) is 44.6 Å². The Balaban J connectivity index is 1.68. The summed E-state index contributed by atoms with van der Waals surface area (Å²) in [5, 5.41) is 6.48. The molecule has 2 aromatic rings. The SMILES string of the molecule is COc1ccsc1C(=O)Cc1ccn(C2CCCCC2)n1. The van der Waals surface area contributed by atoms with Crippen molar-refractivity contribution in [2.24, 2.45) is 0 Å². The fourth-order valence-corrected chi connectivity index (χ4v) is 3.73. The Hall–Kier alpha value is -1.62. The summed E-state index contributed by atoms with van der Waals surface area (Å²) in [6, 6.07) is 4.31. The summed E-state index contributed by atoms with van der Waals surface area (Å²) in [6.07, 6.45) is 8.67. The highest BCUT2D eigenvalue weighted by Gasteiger charge is 2.18. The first-order chi connectivity index (χ1) is 10.3. The third-order valence-corrected chi connectivity index (χ3v) is 4.99. The number of carbonyl (C=O) groups is 1. The lowest BCUT2D eigenvalue weighted by Gasteiger charge is -2.21. The van der Waals surface area contributed by atoms with Crippen molar-refractivity contribution in [1.82, 2.24) is 9.78 Å². The van der Waals surface area contributed by atoms with Gasteiger partial charge in [-0.2, -0.15) is 5.10 Å². The molecule has 112 valence electrons. The van der Waals surface area contributed by atoms with Crippen molar-refractivity contribution in [2.75, 3.05) is 7.11 Å². The van der Waals surface area contributed by atoms with E-state index < -0.39 is 0 Å². The minimum atomic E-state index is 0.0794. The van der Waals surface area contributed by atoms with Gasteiger partial charge in [0.1, 0.15) is 10.6 Å². The van der Waals surface area contributed by atoms with Gasteiger partial charge in [0, 0.05) is 6.20 Å². The molecule has 0 bridgehead atoms. The number of hydrogen-bond acceptors (Lipinski definition) is 4. The van der Waals surface area contributed by atoms with Gasteiger partial charge in [-0.1, -0.05) is 19.3 Å². The van der Waals surface area contributed by atoms with E-state index in [-0.39, 0.29) is 5.78 Å². The van der Waals surface area contributed by atoms with Gasteiger partial charge in [-0.25, -0.2) is 0 Å². The summed E-state index contributed by atoms with van der Waals surface area (Å²) >= 11 is 1.43. The van der Waals surface area contributed by atoms with E-state index in [9.17, 15) is 4.79 Å². The van der Waals surface area contributed by atoms with Crippen molar-refractivity contribution in [3.05, 3.63) is 34.3 Å². The number of rotatable bonds is 5. The van der Waals surface area contributed by atoms with E-state index in [0.29, 0.717) is 23.1 Å². The van der Waals surface area contributed by atoms with Gasteiger partial charge in [0.25, 0.3) is 0 Å². The molecule has 2 aromatic heterocycles. The molecule has 0 atom stereocenters. The number of hydrogen-bond donors (Lipinski definition) is 0. The molecule has 21 heavy (non-hydrogen) atoms. The molecule has 0 N–H and O–H groups in total. The van der Waals surface area contributed by atoms with Crippen LogP contribution in [0.4, 0.5) is 0 Å².